The van der Waals surface area contributed by atoms with Gasteiger partial charge < -0.3 is 20.3 Å². The normalized spacial score (nSPS) is 19.0. The number of ether oxygens (including phenoxy) is 1. The Labute approximate surface area is 165 Å². The molecule has 0 spiro atoms. The van der Waals surface area contributed by atoms with Gasteiger partial charge in [0.2, 0.25) is 5.95 Å². The van der Waals surface area contributed by atoms with E-state index < -0.39 is 0 Å². The number of aromatic nitrogens is 2. The van der Waals surface area contributed by atoms with E-state index in [9.17, 15) is 4.79 Å². The van der Waals surface area contributed by atoms with Gasteiger partial charge in [-0.3, -0.25) is 4.79 Å². The van der Waals surface area contributed by atoms with Crippen LogP contribution in [-0.2, 0) is 4.74 Å². The predicted molar refractivity (Wildman–Crippen MR) is 110 cm³/mol. The molecular formula is C21H27N5O2. The van der Waals surface area contributed by atoms with Crippen molar-refractivity contribution in [3.63, 3.8) is 0 Å². The minimum absolute atomic E-state index is 0.190. The zero-order valence-corrected chi connectivity index (χ0v) is 16.3. The van der Waals surface area contributed by atoms with Crippen molar-refractivity contribution in [3.8, 4) is 0 Å². The molecule has 4 rings (SSSR count). The number of hydrogen-bond donors (Lipinski definition) is 2. The van der Waals surface area contributed by atoms with Crippen molar-refractivity contribution in [1.82, 2.24) is 9.97 Å². The van der Waals surface area contributed by atoms with E-state index in [-0.39, 0.29) is 12.0 Å². The summed E-state index contributed by atoms with van der Waals surface area (Å²) < 4.78 is 5.61. The van der Waals surface area contributed by atoms with Crippen LogP contribution in [0.1, 0.15) is 41.9 Å². The number of aryl methyl sites for hydroxylation is 1. The second kappa shape index (κ2) is 8.56. The molecular weight excluding hydrogens is 354 g/mol. The summed E-state index contributed by atoms with van der Waals surface area (Å²) in [5.41, 5.74) is 3.07. The molecule has 1 atom stereocenters. The van der Waals surface area contributed by atoms with Crippen LogP contribution in [0.15, 0.2) is 30.3 Å². The van der Waals surface area contributed by atoms with Gasteiger partial charge >= 0.3 is 0 Å². The molecule has 1 amide bonds. The van der Waals surface area contributed by atoms with Crippen LogP contribution in [0.5, 0.6) is 0 Å². The van der Waals surface area contributed by atoms with E-state index >= 15 is 0 Å². The molecule has 7 heteroatoms. The molecule has 7 nitrogen and oxygen atoms in total. The summed E-state index contributed by atoms with van der Waals surface area (Å²) in [5, 5.41) is 6.12. The number of carbonyl (C=O) groups is 1. The van der Waals surface area contributed by atoms with Crippen molar-refractivity contribution in [2.75, 3.05) is 41.8 Å². The number of benzene rings is 1. The van der Waals surface area contributed by atoms with Gasteiger partial charge in [-0.15, -0.1) is 0 Å². The lowest BCUT2D eigenvalue weighted by Gasteiger charge is -2.17. The second-order valence-electron chi connectivity index (χ2n) is 7.43. The molecule has 2 N–H and O–H groups in total. The Morgan fingerprint density at radius 1 is 1.18 bits per heavy atom. The molecule has 2 aliphatic heterocycles. The fourth-order valence-electron chi connectivity index (χ4n) is 3.70. The Kier molecular flexibility index (Phi) is 5.71. The number of amides is 1. The SMILES string of the molecule is Cc1cc(C(=O)Nc2ccc(N3CCCC3)cc2)nc(NCC2CCCO2)n1. The molecule has 2 aliphatic rings. The average Bonchev–Trinajstić information content (AvgIpc) is 3.41. The lowest BCUT2D eigenvalue weighted by Crippen LogP contribution is -2.21. The number of nitrogens with one attached hydrogen (secondary N) is 2. The number of nitrogens with zero attached hydrogens (tertiary/aromatic N) is 3. The minimum Gasteiger partial charge on any atom is -0.376 e. The van der Waals surface area contributed by atoms with E-state index in [2.05, 4.69) is 37.6 Å². The first-order valence-corrected chi connectivity index (χ1v) is 10.0. The summed E-state index contributed by atoms with van der Waals surface area (Å²) in [7, 11) is 0. The summed E-state index contributed by atoms with van der Waals surface area (Å²) in [4.78, 5) is 23.8. The van der Waals surface area contributed by atoms with E-state index in [1.165, 1.54) is 18.5 Å². The van der Waals surface area contributed by atoms with Gasteiger partial charge in [0, 0.05) is 43.3 Å². The molecule has 3 heterocycles. The van der Waals surface area contributed by atoms with Crippen LogP contribution in [0.4, 0.5) is 17.3 Å². The zero-order chi connectivity index (χ0) is 19.3. The lowest BCUT2D eigenvalue weighted by molar-refractivity contribution is 0.102. The number of carbonyl (C=O) groups excluding carboxylic acids is 1. The molecule has 28 heavy (non-hydrogen) atoms. The highest BCUT2D eigenvalue weighted by molar-refractivity contribution is 6.03. The second-order valence-corrected chi connectivity index (χ2v) is 7.43. The Morgan fingerprint density at radius 3 is 2.68 bits per heavy atom. The van der Waals surface area contributed by atoms with Gasteiger partial charge in [-0.05, 0) is 62.9 Å². The maximum atomic E-state index is 12.7. The Balaban J connectivity index is 1.39. The van der Waals surface area contributed by atoms with Crippen LogP contribution >= 0.6 is 0 Å². The summed E-state index contributed by atoms with van der Waals surface area (Å²) in [6, 6.07) is 9.69. The van der Waals surface area contributed by atoms with E-state index in [4.69, 9.17) is 4.74 Å². The first-order chi connectivity index (χ1) is 13.7. The van der Waals surface area contributed by atoms with Gasteiger partial charge in [0.05, 0.1) is 6.10 Å². The molecule has 0 saturated carbocycles. The van der Waals surface area contributed by atoms with Crippen LogP contribution in [0.3, 0.4) is 0 Å². The molecule has 1 aromatic heterocycles. The summed E-state index contributed by atoms with van der Waals surface area (Å²) in [5.74, 6) is 0.227. The first kappa shape index (κ1) is 18.7. The smallest absolute Gasteiger partial charge is 0.274 e. The van der Waals surface area contributed by atoms with Gasteiger partial charge in [0.1, 0.15) is 5.69 Å². The van der Waals surface area contributed by atoms with E-state index in [0.29, 0.717) is 18.2 Å². The maximum absolute atomic E-state index is 12.7. The van der Waals surface area contributed by atoms with Crippen molar-refractivity contribution in [2.24, 2.45) is 0 Å². The summed E-state index contributed by atoms with van der Waals surface area (Å²) in [6.07, 6.45) is 4.81. The predicted octanol–water partition coefficient (Wildman–Crippen LogP) is 3.23. The van der Waals surface area contributed by atoms with Gasteiger partial charge in [-0.25, -0.2) is 9.97 Å². The largest absolute Gasteiger partial charge is 0.376 e. The molecule has 148 valence electrons. The third-order valence-corrected chi connectivity index (χ3v) is 5.20. The Morgan fingerprint density at radius 2 is 1.96 bits per heavy atom. The molecule has 0 aliphatic carbocycles. The van der Waals surface area contributed by atoms with E-state index in [1.807, 2.05) is 19.1 Å². The first-order valence-electron chi connectivity index (χ1n) is 10.0. The van der Waals surface area contributed by atoms with Crippen LogP contribution < -0.4 is 15.5 Å². The third-order valence-electron chi connectivity index (χ3n) is 5.20. The fourth-order valence-corrected chi connectivity index (χ4v) is 3.70. The van der Waals surface area contributed by atoms with Crippen molar-refractivity contribution in [2.45, 2.75) is 38.7 Å². The molecule has 2 fully saturated rings. The molecule has 2 aromatic rings. The Hall–Kier alpha value is -2.67. The van der Waals surface area contributed by atoms with Gasteiger partial charge in [-0.2, -0.15) is 0 Å². The fraction of sp³-hybridized carbons (Fsp3) is 0.476. The summed E-state index contributed by atoms with van der Waals surface area (Å²) >= 11 is 0. The number of rotatable bonds is 6. The van der Waals surface area contributed by atoms with Crippen molar-refractivity contribution in [3.05, 3.63) is 41.7 Å². The average molecular weight is 381 g/mol. The van der Waals surface area contributed by atoms with Crippen LogP contribution in [0.2, 0.25) is 0 Å². The maximum Gasteiger partial charge on any atom is 0.274 e. The third kappa shape index (κ3) is 4.59. The van der Waals surface area contributed by atoms with Gasteiger partial charge in [0.15, 0.2) is 0 Å². The minimum atomic E-state index is -0.236. The van der Waals surface area contributed by atoms with Gasteiger partial charge in [0.25, 0.3) is 5.91 Å². The highest BCUT2D eigenvalue weighted by Gasteiger charge is 2.17. The standard InChI is InChI=1S/C21H27N5O2/c1-15-13-19(25-21(23-15)22-14-18-5-4-12-28-18)20(27)24-16-6-8-17(9-7-16)26-10-2-3-11-26/h6-9,13,18H,2-5,10-12,14H2,1H3,(H,24,27)(H,22,23,25). The van der Waals surface area contributed by atoms with Crippen molar-refractivity contribution < 1.29 is 9.53 Å². The summed E-state index contributed by atoms with van der Waals surface area (Å²) in [6.45, 7) is 5.54. The molecule has 1 unspecified atom stereocenters. The van der Waals surface area contributed by atoms with E-state index in [0.717, 1.165) is 43.9 Å². The highest BCUT2D eigenvalue weighted by Crippen LogP contribution is 2.22. The monoisotopic (exact) mass is 381 g/mol. The molecule has 2 saturated heterocycles. The Bertz CT molecular complexity index is 812. The molecule has 1 aromatic carbocycles. The zero-order valence-electron chi connectivity index (χ0n) is 16.3. The lowest BCUT2D eigenvalue weighted by atomic mass is 10.2. The number of anilines is 3. The highest BCUT2D eigenvalue weighted by atomic mass is 16.5. The van der Waals surface area contributed by atoms with Crippen molar-refractivity contribution >= 4 is 23.2 Å². The quantitative estimate of drug-likeness (QED) is 0.800. The van der Waals surface area contributed by atoms with Crippen molar-refractivity contribution in [1.29, 1.82) is 0 Å². The van der Waals surface area contributed by atoms with Gasteiger partial charge in [-0.1, -0.05) is 0 Å². The van der Waals surface area contributed by atoms with Crippen LogP contribution in [0.25, 0.3) is 0 Å². The van der Waals surface area contributed by atoms with E-state index in [1.54, 1.807) is 6.07 Å². The van der Waals surface area contributed by atoms with Crippen LogP contribution in [-0.4, -0.2) is 48.2 Å². The molecule has 0 radical (unpaired) electrons. The van der Waals surface area contributed by atoms with Crippen LogP contribution in [0, 0.1) is 6.92 Å². The topological polar surface area (TPSA) is 79.4 Å². The number of hydrogen-bond acceptors (Lipinski definition) is 6. The molecule has 0 bridgehead atoms.